The number of benzene rings is 4. The Bertz CT molecular complexity index is 1630. The highest BCUT2D eigenvalue weighted by Crippen LogP contribution is 2.37. The van der Waals surface area contributed by atoms with Crippen LogP contribution in [0.1, 0.15) is 21.6 Å². The van der Waals surface area contributed by atoms with E-state index in [2.05, 4.69) is 0 Å². The zero-order valence-electron chi connectivity index (χ0n) is 19.1. The molecule has 0 aliphatic heterocycles. The third-order valence-corrected chi connectivity index (χ3v) is 6.28. The number of aromatic nitrogens is 1. The number of hydrogen-bond acceptors (Lipinski definition) is 2. The summed E-state index contributed by atoms with van der Waals surface area (Å²) >= 11 is 6.33. The molecule has 1 N–H and O–H groups in total. The third-order valence-electron chi connectivity index (χ3n) is 6.04. The molecule has 0 atom stereocenters. The van der Waals surface area contributed by atoms with E-state index in [9.17, 15) is 18.7 Å². The first-order chi connectivity index (χ1) is 17.3. The molecule has 0 spiro atoms. The van der Waals surface area contributed by atoms with Crippen LogP contribution < -0.4 is 4.74 Å². The van der Waals surface area contributed by atoms with Crippen molar-refractivity contribution < 1.29 is 23.4 Å². The van der Waals surface area contributed by atoms with E-state index in [0.29, 0.717) is 33.1 Å². The summed E-state index contributed by atoms with van der Waals surface area (Å²) in [5.74, 6) is -2.50. The number of ether oxygens (including phenoxy) is 1. The number of halogens is 3. The summed E-state index contributed by atoms with van der Waals surface area (Å²) in [6.45, 7) is 1.73. The fraction of sp³-hybridized carbons (Fsp3) is 0.0690. The largest absolute Gasteiger partial charge is 0.488 e. The Morgan fingerprint density at radius 3 is 2.58 bits per heavy atom. The summed E-state index contributed by atoms with van der Waals surface area (Å²) in [5, 5.41) is 11.7. The average Bonchev–Trinajstić information content (AvgIpc) is 3.25. The minimum absolute atomic E-state index is 0.0862. The van der Waals surface area contributed by atoms with Gasteiger partial charge in [-0.2, -0.15) is 0 Å². The molecule has 0 saturated carbocycles. The zero-order valence-corrected chi connectivity index (χ0v) is 19.9. The summed E-state index contributed by atoms with van der Waals surface area (Å²) in [6, 6.07) is 23.6. The van der Waals surface area contributed by atoms with Crippen molar-refractivity contribution in [1.82, 2.24) is 4.57 Å². The van der Waals surface area contributed by atoms with Gasteiger partial charge in [0.2, 0.25) is 0 Å². The SMILES string of the molecule is Cc1ccc(-c2cc(Cl)ccc2OCc2cccc(F)c2F)n1-c1cc(C(=O)O)c2ccccc2c1. The van der Waals surface area contributed by atoms with Crippen LogP contribution in [0.5, 0.6) is 5.75 Å². The first-order valence-electron chi connectivity index (χ1n) is 11.1. The smallest absolute Gasteiger partial charge is 0.336 e. The van der Waals surface area contributed by atoms with Gasteiger partial charge in [-0.25, -0.2) is 13.6 Å². The monoisotopic (exact) mass is 503 g/mol. The molecule has 5 rings (SSSR count). The summed E-state index contributed by atoms with van der Waals surface area (Å²) in [7, 11) is 0. The van der Waals surface area contributed by atoms with Crippen molar-refractivity contribution in [3.05, 3.63) is 118 Å². The number of carboxylic acid groups (broad SMARTS) is 1. The van der Waals surface area contributed by atoms with E-state index >= 15 is 0 Å². The predicted molar refractivity (Wildman–Crippen MR) is 136 cm³/mol. The Morgan fingerprint density at radius 2 is 1.78 bits per heavy atom. The maximum absolute atomic E-state index is 14.2. The van der Waals surface area contributed by atoms with Gasteiger partial charge >= 0.3 is 5.97 Å². The minimum Gasteiger partial charge on any atom is -0.488 e. The van der Waals surface area contributed by atoms with Crippen LogP contribution in [-0.4, -0.2) is 15.6 Å². The predicted octanol–water partition coefficient (Wildman–Crippen LogP) is 7.81. The quantitative estimate of drug-likeness (QED) is 0.257. The van der Waals surface area contributed by atoms with E-state index in [1.807, 2.05) is 41.8 Å². The van der Waals surface area contributed by atoms with Crippen molar-refractivity contribution >= 4 is 28.3 Å². The molecular weight excluding hydrogens is 484 g/mol. The molecular formula is C29H20ClF2NO3. The van der Waals surface area contributed by atoms with Gasteiger partial charge in [0.1, 0.15) is 12.4 Å². The van der Waals surface area contributed by atoms with Crippen molar-refractivity contribution in [3.63, 3.8) is 0 Å². The van der Waals surface area contributed by atoms with Gasteiger partial charge < -0.3 is 14.4 Å². The van der Waals surface area contributed by atoms with Gasteiger partial charge in [0.05, 0.1) is 11.3 Å². The number of aromatic carboxylic acids is 1. The Balaban J connectivity index is 1.63. The summed E-state index contributed by atoms with van der Waals surface area (Å²) in [6.07, 6.45) is 0. The zero-order chi connectivity index (χ0) is 25.4. The van der Waals surface area contributed by atoms with Crippen molar-refractivity contribution in [1.29, 1.82) is 0 Å². The van der Waals surface area contributed by atoms with E-state index in [1.165, 1.54) is 12.1 Å². The lowest BCUT2D eigenvalue weighted by Crippen LogP contribution is -2.05. The molecule has 5 aromatic rings. The van der Waals surface area contributed by atoms with Crippen molar-refractivity contribution in [2.45, 2.75) is 13.5 Å². The first kappa shape index (κ1) is 23.6. The molecule has 7 heteroatoms. The highest BCUT2D eigenvalue weighted by atomic mass is 35.5. The topological polar surface area (TPSA) is 51.5 Å². The van der Waals surface area contributed by atoms with Gasteiger partial charge in [-0.05, 0) is 66.2 Å². The molecule has 0 aliphatic rings. The molecule has 0 fully saturated rings. The molecule has 1 aromatic heterocycles. The van der Waals surface area contributed by atoms with Crippen LogP contribution >= 0.6 is 11.6 Å². The molecule has 1 heterocycles. The van der Waals surface area contributed by atoms with Gasteiger partial charge in [0.15, 0.2) is 11.6 Å². The number of hydrogen-bond donors (Lipinski definition) is 1. The number of fused-ring (bicyclic) bond motifs is 1. The number of nitrogens with zero attached hydrogens (tertiary/aromatic N) is 1. The third kappa shape index (κ3) is 4.32. The van der Waals surface area contributed by atoms with Crippen LogP contribution in [0.25, 0.3) is 27.7 Å². The van der Waals surface area contributed by atoms with Crippen LogP contribution in [0.2, 0.25) is 5.02 Å². The van der Waals surface area contributed by atoms with Crippen LogP contribution in [-0.2, 0) is 6.61 Å². The van der Waals surface area contributed by atoms with Crippen LogP contribution in [0.15, 0.2) is 84.9 Å². The Kier molecular flexibility index (Phi) is 6.20. The molecule has 0 aliphatic carbocycles. The molecule has 0 amide bonds. The molecule has 0 saturated heterocycles. The molecule has 4 aromatic carbocycles. The number of rotatable bonds is 6. The summed E-state index contributed by atoms with van der Waals surface area (Å²) < 4.78 is 35.7. The summed E-state index contributed by atoms with van der Waals surface area (Å²) in [5.41, 5.74) is 3.12. The second kappa shape index (κ2) is 9.47. The highest BCUT2D eigenvalue weighted by molar-refractivity contribution is 6.31. The number of carbonyl (C=O) groups is 1. The molecule has 180 valence electrons. The van der Waals surface area contributed by atoms with E-state index in [1.54, 1.807) is 36.4 Å². The second-order valence-electron chi connectivity index (χ2n) is 8.36. The second-order valence-corrected chi connectivity index (χ2v) is 8.79. The molecule has 36 heavy (non-hydrogen) atoms. The van der Waals surface area contributed by atoms with Gasteiger partial charge in [-0.15, -0.1) is 0 Å². The molecule has 4 nitrogen and oxygen atoms in total. The van der Waals surface area contributed by atoms with Gasteiger partial charge in [0.25, 0.3) is 0 Å². The fourth-order valence-electron chi connectivity index (χ4n) is 4.34. The maximum Gasteiger partial charge on any atom is 0.336 e. The van der Waals surface area contributed by atoms with E-state index in [-0.39, 0.29) is 17.7 Å². The van der Waals surface area contributed by atoms with Crippen LogP contribution in [0.4, 0.5) is 8.78 Å². The van der Waals surface area contributed by atoms with Crippen LogP contribution in [0, 0.1) is 18.6 Å². The molecule has 0 bridgehead atoms. The number of aryl methyl sites for hydroxylation is 1. The highest BCUT2D eigenvalue weighted by Gasteiger charge is 2.18. The minimum atomic E-state index is -1.02. The molecule has 0 unspecified atom stereocenters. The Hall–Kier alpha value is -4.16. The normalized spacial score (nSPS) is 11.1. The Labute approximate surface area is 211 Å². The lowest BCUT2D eigenvalue weighted by atomic mass is 10.0. The van der Waals surface area contributed by atoms with Gasteiger partial charge in [-0.1, -0.05) is 48.0 Å². The maximum atomic E-state index is 14.2. The van der Waals surface area contributed by atoms with E-state index < -0.39 is 17.6 Å². The van der Waals surface area contributed by atoms with Crippen molar-refractivity contribution in [3.8, 4) is 22.7 Å². The van der Waals surface area contributed by atoms with Gasteiger partial charge in [-0.3, -0.25) is 0 Å². The summed E-state index contributed by atoms with van der Waals surface area (Å²) in [4.78, 5) is 12.0. The fourth-order valence-corrected chi connectivity index (χ4v) is 4.51. The van der Waals surface area contributed by atoms with Crippen molar-refractivity contribution in [2.75, 3.05) is 0 Å². The van der Waals surface area contributed by atoms with Crippen molar-refractivity contribution in [2.24, 2.45) is 0 Å². The van der Waals surface area contributed by atoms with Gasteiger partial charge in [0, 0.05) is 27.5 Å². The van der Waals surface area contributed by atoms with E-state index in [0.717, 1.165) is 17.1 Å². The Morgan fingerprint density at radius 1 is 0.972 bits per heavy atom. The first-order valence-corrected chi connectivity index (χ1v) is 11.5. The molecule has 0 radical (unpaired) electrons. The number of carboxylic acids is 1. The lowest BCUT2D eigenvalue weighted by Gasteiger charge is -2.17. The average molecular weight is 504 g/mol. The standard InChI is InChI=1S/C29H20ClF2NO3/c1-17-9-11-26(33(17)21-13-18-5-2-3-7-22(18)23(15-21)29(34)35)24-14-20(30)10-12-27(24)36-16-19-6-4-8-25(31)28(19)32/h2-15H,16H2,1H3,(H,34,35). The van der Waals surface area contributed by atoms with Crippen LogP contribution in [0.3, 0.4) is 0 Å². The lowest BCUT2D eigenvalue weighted by molar-refractivity contribution is 0.0699. The van der Waals surface area contributed by atoms with E-state index in [4.69, 9.17) is 16.3 Å².